The monoisotopic (exact) mass is 281 g/mol. The molecule has 3 unspecified atom stereocenters. The fraction of sp³-hybridized carbons (Fsp3) is 0.235. The molecule has 2 aromatic rings. The second kappa shape index (κ2) is 4.98. The molecule has 4 heteroatoms. The van der Waals surface area contributed by atoms with Crippen LogP contribution >= 0.6 is 0 Å². The number of nitrogens with zero attached hydrogens (tertiary/aromatic N) is 1. The van der Waals surface area contributed by atoms with Gasteiger partial charge in [-0.1, -0.05) is 48.5 Å². The average Bonchev–Trinajstić information content (AvgIpc) is 2.98. The number of ether oxygens (including phenoxy) is 2. The molecule has 2 bridgehead atoms. The highest BCUT2D eigenvalue weighted by atomic mass is 16.7. The number of anilines is 1. The standard InChI is InChI=1S/C17H15NO3/c19-16-14-11-20-17(21-14)15(12-7-3-1-4-8-12)18(16)13-9-5-2-6-10-13/h1-10,14-15,17H,11H2. The number of amides is 1. The smallest absolute Gasteiger partial charge is 0.259 e. The van der Waals surface area contributed by atoms with Gasteiger partial charge in [0.15, 0.2) is 12.4 Å². The van der Waals surface area contributed by atoms with Crippen LogP contribution in [0.1, 0.15) is 11.6 Å². The number of morpholine rings is 1. The molecule has 0 saturated carbocycles. The molecule has 2 aliphatic rings. The Morgan fingerprint density at radius 2 is 1.62 bits per heavy atom. The van der Waals surface area contributed by atoms with Crippen molar-refractivity contribution in [2.24, 2.45) is 0 Å². The summed E-state index contributed by atoms with van der Waals surface area (Å²) in [6.07, 6.45) is -0.898. The minimum atomic E-state index is -0.491. The van der Waals surface area contributed by atoms with Crippen molar-refractivity contribution in [1.82, 2.24) is 0 Å². The van der Waals surface area contributed by atoms with Gasteiger partial charge in [-0.3, -0.25) is 9.69 Å². The molecule has 4 rings (SSSR count). The Bertz CT molecular complexity index is 644. The number of rotatable bonds is 2. The number of carbonyl (C=O) groups is 1. The maximum absolute atomic E-state index is 12.7. The summed E-state index contributed by atoms with van der Waals surface area (Å²) < 4.78 is 11.4. The lowest BCUT2D eigenvalue weighted by Crippen LogP contribution is -2.50. The quantitative estimate of drug-likeness (QED) is 0.849. The van der Waals surface area contributed by atoms with Crippen LogP contribution in [0.2, 0.25) is 0 Å². The van der Waals surface area contributed by atoms with Crippen molar-refractivity contribution >= 4 is 11.6 Å². The Labute approximate surface area is 122 Å². The SMILES string of the molecule is O=C1C2COC(O2)C(c2ccccc2)N1c1ccccc1. The van der Waals surface area contributed by atoms with Crippen molar-refractivity contribution < 1.29 is 14.3 Å². The number of carbonyl (C=O) groups excluding carboxylic acids is 1. The van der Waals surface area contributed by atoms with Crippen molar-refractivity contribution in [3.05, 3.63) is 66.2 Å². The Morgan fingerprint density at radius 3 is 2.33 bits per heavy atom. The predicted molar refractivity (Wildman–Crippen MR) is 77.7 cm³/mol. The van der Waals surface area contributed by atoms with E-state index >= 15 is 0 Å². The third-order valence-corrected chi connectivity index (χ3v) is 3.93. The van der Waals surface area contributed by atoms with Crippen molar-refractivity contribution in [2.75, 3.05) is 11.5 Å². The summed E-state index contributed by atoms with van der Waals surface area (Å²) in [5.74, 6) is -0.0381. The average molecular weight is 281 g/mol. The zero-order valence-electron chi connectivity index (χ0n) is 11.4. The zero-order chi connectivity index (χ0) is 14.2. The highest BCUT2D eigenvalue weighted by Gasteiger charge is 2.49. The van der Waals surface area contributed by atoms with E-state index in [1.807, 2.05) is 60.7 Å². The Kier molecular flexibility index (Phi) is 2.98. The molecule has 0 radical (unpaired) electrons. The summed E-state index contributed by atoms with van der Waals surface area (Å²) in [7, 11) is 0. The van der Waals surface area contributed by atoms with Crippen LogP contribution in [0.3, 0.4) is 0 Å². The van der Waals surface area contributed by atoms with Gasteiger partial charge in [0, 0.05) is 5.69 Å². The second-order valence-corrected chi connectivity index (χ2v) is 5.23. The number of para-hydroxylation sites is 1. The molecular weight excluding hydrogens is 266 g/mol. The lowest BCUT2D eigenvalue weighted by Gasteiger charge is -2.38. The van der Waals surface area contributed by atoms with Gasteiger partial charge in [-0.25, -0.2) is 0 Å². The van der Waals surface area contributed by atoms with Crippen LogP contribution in [-0.4, -0.2) is 24.9 Å². The molecule has 0 aromatic heterocycles. The largest absolute Gasteiger partial charge is 0.347 e. The molecule has 0 N–H and O–H groups in total. The van der Waals surface area contributed by atoms with Gasteiger partial charge in [0.2, 0.25) is 0 Å². The molecule has 2 aliphatic heterocycles. The van der Waals surface area contributed by atoms with Crippen LogP contribution in [-0.2, 0) is 14.3 Å². The number of fused-ring (bicyclic) bond motifs is 2. The summed E-state index contributed by atoms with van der Waals surface area (Å²) in [6, 6.07) is 19.3. The van der Waals surface area contributed by atoms with E-state index in [4.69, 9.17) is 9.47 Å². The first-order chi connectivity index (χ1) is 10.3. The van der Waals surface area contributed by atoms with E-state index in [2.05, 4.69) is 0 Å². The van der Waals surface area contributed by atoms with E-state index in [9.17, 15) is 4.79 Å². The topological polar surface area (TPSA) is 38.8 Å². The lowest BCUT2D eigenvalue weighted by molar-refractivity contribution is -0.144. The molecule has 2 saturated heterocycles. The van der Waals surface area contributed by atoms with Gasteiger partial charge >= 0.3 is 0 Å². The molecule has 106 valence electrons. The van der Waals surface area contributed by atoms with E-state index in [1.165, 1.54) is 0 Å². The van der Waals surface area contributed by atoms with Gasteiger partial charge in [0.25, 0.3) is 5.91 Å². The fourth-order valence-electron chi connectivity index (χ4n) is 2.96. The highest BCUT2D eigenvalue weighted by Crippen LogP contribution is 2.39. The van der Waals surface area contributed by atoms with E-state index in [-0.39, 0.29) is 11.9 Å². The van der Waals surface area contributed by atoms with E-state index < -0.39 is 12.4 Å². The van der Waals surface area contributed by atoms with Crippen LogP contribution < -0.4 is 4.90 Å². The van der Waals surface area contributed by atoms with Gasteiger partial charge in [0.05, 0.1) is 6.61 Å². The van der Waals surface area contributed by atoms with Crippen LogP contribution in [0.5, 0.6) is 0 Å². The Balaban J connectivity index is 1.82. The fourth-order valence-corrected chi connectivity index (χ4v) is 2.96. The third-order valence-electron chi connectivity index (χ3n) is 3.93. The lowest BCUT2D eigenvalue weighted by atomic mass is 10.0. The van der Waals surface area contributed by atoms with Crippen LogP contribution in [0.15, 0.2) is 60.7 Å². The minimum absolute atomic E-state index is 0.0381. The van der Waals surface area contributed by atoms with Gasteiger partial charge < -0.3 is 9.47 Å². The van der Waals surface area contributed by atoms with Crippen LogP contribution in [0.25, 0.3) is 0 Å². The molecular formula is C17H15NO3. The first kappa shape index (κ1) is 12.6. The summed E-state index contributed by atoms with van der Waals surface area (Å²) >= 11 is 0. The summed E-state index contributed by atoms with van der Waals surface area (Å²) in [5, 5.41) is 0. The summed E-state index contributed by atoms with van der Waals surface area (Å²) in [4.78, 5) is 14.5. The Morgan fingerprint density at radius 1 is 0.952 bits per heavy atom. The van der Waals surface area contributed by atoms with E-state index in [0.717, 1.165) is 11.3 Å². The van der Waals surface area contributed by atoms with Crippen LogP contribution in [0, 0.1) is 0 Å². The van der Waals surface area contributed by atoms with E-state index in [0.29, 0.717) is 6.61 Å². The first-order valence-corrected chi connectivity index (χ1v) is 7.05. The summed E-state index contributed by atoms with van der Waals surface area (Å²) in [5.41, 5.74) is 1.89. The maximum Gasteiger partial charge on any atom is 0.259 e. The van der Waals surface area contributed by atoms with Crippen LogP contribution in [0.4, 0.5) is 5.69 Å². The van der Waals surface area contributed by atoms with Crippen molar-refractivity contribution in [3.8, 4) is 0 Å². The number of benzene rings is 2. The second-order valence-electron chi connectivity index (χ2n) is 5.23. The first-order valence-electron chi connectivity index (χ1n) is 7.05. The molecule has 2 aromatic carbocycles. The van der Waals surface area contributed by atoms with Crippen molar-refractivity contribution in [2.45, 2.75) is 18.4 Å². The van der Waals surface area contributed by atoms with Crippen molar-refractivity contribution in [1.29, 1.82) is 0 Å². The van der Waals surface area contributed by atoms with Crippen molar-refractivity contribution in [3.63, 3.8) is 0 Å². The van der Waals surface area contributed by atoms with E-state index in [1.54, 1.807) is 4.90 Å². The molecule has 4 nitrogen and oxygen atoms in total. The molecule has 0 spiro atoms. The highest BCUT2D eigenvalue weighted by molar-refractivity contribution is 5.98. The number of hydrogen-bond acceptors (Lipinski definition) is 3. The van der Waals surface area contributed by atoms with Gasteiger partial charge in [-0.15, -0.1) is 0 Å². The maximum atomic E-state index is 12.7. The van der Waals surface area contributed by atoms with Gasteiger partial charge in [0.1, 0.15) is 6.04 Å². The summed E-state index contributed by atoms with van der Waals surface area (Å²) in [6.45, 7) is 0.330. The third kappa shape index (κ3) is 2.04. The predicted octanol–water partition coefficient (Wildman–Crippen LogP) is 2.52. The molecule has 2 heterocycles. The van der Waals surface area contributed by atoms with Gasteiger partial charge in [-0.2, -0.15) is 0 Å². The normalized spacial score (nSPS) is 27.9. The molecule has 0 aliphatic carbocycles. The Hall–Kier alpha value is -2.17. The molecule has 3 atom stereocenters. The van der Waals surface area contributed by atoms with Gasteiger partial charge in [-0.05, 0) is 17.7 Å². The molecule has 2 fully saturated rings. The minimum Gasteiger partial charge on any atom is -0.347 e. The molecule has 1 amide bonds. The molecule has 21 heavy (non-hydrogen) atoms. The zero-order valence-corrected chi connectivity index (χ0v) is 11.4. The number of hydrogen-bond donors (Lipinski definition) is 0.